The molecule has 1 saturated carbocycles. The highest BCUT2D eigenvalue weighted by Crippen LogP contribution is 2.37. The van der Waals surface area contributed by atoms with Crippen LogP contribution in [-0.4, -0.2) is 43.1 Å². The van der Waals surface area contributed by atoms with E-state index in [0.29, 0.717) is 10.5 Å². The number of thiocarbonyl (C=S) groups is 1. The molecule has 1 fully saturated rings. The zero-order chi connectivity index (χ0) is 14.0. The molecule has 0 heterocycles. The molecule has 0 aliphatic heterocycles. The fourth-order valence-corrected chi connectivity index (χ4v) is 2.88. The van der Waals surface area contributed by atoms with E-state index in [-0.39, 0.29) is 0 Å². The third kappa shape index (κ3) is 2.90. The predicted molar refractivity (Wildman–Crippen MR) is 85.9 cm³/mol. The third-order valence-corrected chi connectivity index (χ3v) is 4.59. The number of nitrogens with two attached hydrogens (primary N) is 1. The smallest absolute Gasteiger partial charge is 0.103 e. The van der Waals surface area contributed by atoms with Gasteiger partial charge in [-0.15, -0.1) is 0 Å². The van der Waals surface area contributed by atoms with Gasteiger partial charge >= 0.3 is 0 Å². The lowest BCUT2D eigenvalue weighted by atomic mass is 9.75. The monoisotopic (exact) mass is 277 g/mol. The molecule has 2 rings (SSSR count). The van der Waals surface area contributed by atoms with E-state index in [4.69, 9.17) is 18.0 Å². The van der Waals surface area contributed by atoms with Gasteiger partial charge in [0.05, 0.1) is 0 Å². The van der Waals surface area contributed by atoms with Gasteiger partial charge < -0.3 is 15.5 Å². The van der Waals surface area contributed by atoms with Crippen molar-refractivity contribution < 1.29 is 0 Å². The molecule has 0 radical (unpaired) electrons. The molecule has 0 amide bonds. The molecule has 1 aliphatic carbocycles. The number of likely N-dealkylation sites (N-methyl/N-ethyl adjacent to an activating group) is 2. The number of rotatable bonds is 5. The van der Waals surface area contributed by atoms with E-state index < -0.39 is 0 Å². The lowest BCUT2D eigenvalue weighted by Gasteiger charge is -2.49. The minimum atomic E-state index is 0.344. The van der Waals surface area contributed by atoms with Crippen LogP contribution in [0.2, 0.25) is 0 Å². The Labute approximate surface area is 121 Å². The molecule has 1 aliphatic rings. The first kappa shape index (κ1) is 14.3. The van der Waals surface area contributed by atoms with Crippen LogP contribution in [0.15, 0.2) is 24.3 Å². The lowest BCUT2D eigenvalue weighted by molar-refractivity contribution is 0.0683. The van der Waals surface area contributed by atoms with E-state index in [1.165, 1.54) is 24.9 Å². The summed E-state index contributed by atoms with van der Waals surface area (Å²) in [6, 6.07) is 8.18. The number of hydrogen-bond acceptors (Lipinski definition) is 3. The molecule has 3 nitrogen and oxygen atoms in total. The summed E-state index contributed by atoms with van der Waals surface area (Å²) in [6.07, 6.45) is 3.91. The van der Waals surface area contributed by atoms with Gasteiger partial charge in [0.25, 0.3) is 0 Å². The molecule has 104 valence electrons. The van der Waals surface area contributed by atoms with E-state index in [1.807, 2.05) is 12.1 Å². The van der Waals surface area contributed by atoms with Crippen molar-refractivity contribution in [1.82, 2.24) is 4.90 Å². The van der Waals surface area contributed by atoms with Crippen LogP contribution in [-0.2, 0) is 0 Å². The van der Waals surface area contributed by atoms with Crippen LogP contribution in [0, 0.1) is 0 Å². The zero-order valence-corrected chi connectivity index (χ0v) is 12.8. The van der Waals surface area contributed by atoms with Gasteiger partial charge in [0, 0.05) is 30.4 Å². The van der Waals surface area contributed by atoms with Crippen LogP contribution in [0.5, 0.6) is 0 Å². The largest absolute Gasteiger partial charge is 0.389 e. The normalized spacial score (nSPS) is 17.1. The van der Waals surface area contributed by atoms with Crippen molar-refractivity contribution in [1.29, 1.82) is 0 Å². The zero-order valence-electron chi connectivity index (χ0n) is 12.0. The minimum absolute atomic E-state index is 0.344. The fourth-order valence-electron chi connectivity index (χ4n) is 2.74. The summed E-state index contributed by atoms with van der Waals surface area (Å²) in [7, 11) is 6.52. The highest BCUT2D eigenvalue weighted by atomic mass is 32.1. The Morgan fingerprint density at radius 3 is 2.16 bits per heavy atom. The molecule has 4 heteroatoms. The Morgan fingerprint density at radius 2 is 1.79 bits per heavy atom. The van der Waals surface area contributed by atoms with Crippen molar-refractivity contribution in [3.05, 3.63) is 29.8 Å². The second-order valence-electron chi connectivity index (χ2n) is 5.74. The van der Waals surface area contributed by atoms with Gasteiger partial charge in [0.1, 0.15) is 4.99 Å². The molecule has 0 unspecified atom stereocenters. The molecular formula is C15H23N3S. The highest BCUT2D eigenvalue weighted by Gasteiger charge is 2.39. The average molecular weight is 277 g/mol. The number of hydrogen-bond donors (Lipinski definition) is 1. The van der Waals surface area contributed by atoms with Gasteiger partial charge in [-0.2, -0.15) is 0 Å². The lowest BCUT2D eigenvalue weighted by Crippen LogP contribution is -2.56. The van der Waals surface area contributed by atoms with Crippen molar-refractivity contribution in [2.75, 3.05) is 32.6 Å². The van der Waals surface area contributed by atoms with E-state index in [9.17, 15) is 0 Å². The number of benzene rings is 1. The summed E-state index contributed by atoms with van der Waals surface area (Å²) in [5.41, 5.74) is 8.11. The summed E-state index contributed by atoms with van der Waals surface area (Å²) in [5.74, 6) is 0. The van der Waals surface area contributed by atoms with Crippen molar-refractivity contribution in [3.8, 4) is 0 Å². The maximum absolute atomic E-state index is 5.62. The van der Waals surface area contributed by atoms with Crippen LogP contribution < -0.4 is 10.6 Å². The maximum Gasteiger partial charge on any atom is 0.103 e. The summed E-state index contributed by atoms with van der Waals surface area (Å²) >= 11 is 4.98. The van der Waals surface area contributed by atoms with Crippen molar-refractivity contribution >= 4 is 22.9 Å². The molecule has 1 aromatic carbocycles. The molecule has 19 heavy (non-hydrogen) atoms. The Morgan fingerprint density at radius 1 is 1.21 bits per heavy atom. The Balaban J connectivity index is 2.07. The topological polar surface area (TPSA) is 32.5 Å². The van der Waals surface area contributed by atoms with Crippen LogP contribution in [0.4, 0.5) is 5.69 Å². The van der Waals surface area contributed by atoms with Gasteiger partial charge in [-0.05, 0) is 57.6 Å². The molecule has 0 spiro atoms. The Hall–Kier alpha value is -1.13. The quantitative estimate of drug-likeness (QED) is 0.837. The molecule has 2 N–H and O–H groups in total. The van der Waals surface area contributed by atoms with Crippen LogP contribution >= 0.6 is 12.2 Å². The molecule has 1 aromatic rings. The summed E-state index contributed by atoms with van der Waals surface area (Å²) in [6.45, 7) is 1.06. The molecule has 0 saturated heterocycles. The van der Waals surface area contributed by atoms with E-state index in [0.717, 1.165) is 12.1 Å². The predicted octanol–water partition coefficient (Wildman–Crippen LogP) is 2.24. The molecule has 0 aromatic heterocycles. The van der Waals surface area contributed by atoms with Crippen molar-refractivity contribution in [3.63, 3.8) is 0 Å². The molecule has 0 atom stereocenters. The van der Waals surface area contributed by atoms with Gasteiger partial charge in [-0.25, -0.2) is 0 Å². The minimum Gasteiger partial charge on any atom is -0.389 e. The van der Waals surface area contributed by atoms with E-state index in [2.05, 4.69) is 43.1 Å². The van der Waals surface area contributed by atoms with Crippen LogP contribution in [0.3, 0.4) is 0 Å². The SMILES string of the molecule is CN(CC1(N(C)C)CCC1)c1ccc(C(N)=S)cc1. The van der Waals surface area contributed by atoms with E-state index in [1.54, 1.807) is 0 Å². The van der Waals surface area contributed by atoms with Gasteiger partial charge in [-0.1, -0.05) is 12.2 Å². The average Bonchev–Trinajstić information content (AvgIpc) is 2.33. The first-order valence-electron chi connectivity index (χ1n) is 6.73. The van der Waals surface area contributed by atoms with Crippen LogP contribution in [0.25, 0.3) is 0 Å². The maximum atomic E-state index is 5.62. The second kappa shape index (κ2) is 5.47. The Bertz CT molecular complexity index is 449. The van der Waals surface area contributed by atoms with Gasteiger partial charge in [0.15, 0.2) is 0 Å². The van der Waals surface area contributed by atoms with Gasteiger partial charge in [0.2, 0.25) is 0 Å². The molecular weight excluding hydrogens is 254 g/mol. The first-order chi connectivity index (χ1) is 8.94. The summed E-state index contributed by atoms with van der Waals surface area (Å²) in [4.78, 5) is 5.15. The van der Waals surface area contributed by atoms with Crippen molar-refractivity contribution in [2.45, 2.75) is 24.8 Å². The second-order valence-corrected chi connectivity index (χ2v) is 6.18. The number of anilines is 1. The fraction of sp³-hybridized carbons (Fsp3) is 0.533. The highest BCUT2D eigenvalue weighted by molar-refractivity contribution is 7.80. The van der Waals surface area contributed by atoms with Gasteiger partial charge in [-0.3, -0.25) is 0 Å². The first-order valence-corrected chi connectivity index (χ1v) is 7.14. The molecule has 0 bridgehead atoms. The number of nitrogens with zero attached hydrogens (tertiary/aromatic N) is 2. The van der Waals surface area contributed by atoms with Crippen molar-refractivity contribution in [2.24, 2.45) is 5.73 Å². The Kier molecular flexibility index (Phi) is 4.11. The van der Waals surface area contributed by atoms with E-state index >= 15 is 0 Å². The standard InChI is InChI=1S/C15H23N3S/c1-17(2)15(9-4-10-15)11-18(3)13-7-5-12(6-8-13)14(16)19/h5-8H,4,9-11H2,1-3H3,(H2,16,19). The summed E-state index contributed by atoms with van der Waals surface area (Å²) < 4.78 is 0. The third-order valence-electron chi connectivity index (χ3n) is 4.36. The summed E-state index contributed by atoms with van der Waals surface area (Å²) in [5, 5.41) is 0. The van der Waals surface area contributed by atoms with Crippen LogP contribution in [0.1, 0.15) is 24.8 Å².